The summed E-state index contributed by atoms with van der Waals surface area (Å²) in [4.78, 5) is 29.8. The molecule has 4 aromatic heterocycles. The van der Waals surface area contributed by atoms with Gasteiger partial charge in [0, 0.05) is 88.4 Å². The minimum atomic E-state index is -2.37. The highest BCUT2D eigenvalue weighted by Crippen LogP contribution is 2.22. The van der Waals surface area contributed by atoms with E-state index in [1.807, 2.05) is 17.0 Å². The van der Waals surface area contributed by atoms with Crippen molar-refractivity contribution < 1.29 is 13.0 Å². The number of hydrogen-bond donors (Lipinski definition) is 0. The molecule has 8 nitrogen and oxygen atoms in total. The van der Waals surface area contributed by atoms with E-state index in [9.17, 15) is 4.79 Å². The van der Waals surface area contributed by atoms with Crippen molar-refractivity contribution in [2.45, 2.75) is 6.42 Å². The van der Waals surface area contributed by atoms with Crippen LogP contribution in [0, 0.1) is 0 Å². The van der Waals surface area contributed by atoms with Gasteiger partial charge < -0.3 is 9.80 Å². The number of aryl methyl sites for hydroxylation is 1. The summed E-state index contributed by atoms with van der Waals surface area (Å²) in [5.74, 6) is 0.524. The number of likely N-dealkylation sites (N-methyl/N-ethyl adjacent to an activating group) is 1. The minimum Gasteiger partial charge on any atom is -0.354 e. The van der Waals surface area contributed by atoms with Gasteiger partial charge in [0.1, 0.15) is 5.82 Å². The Morgan fingerprint density at radius 2 is 1.88 bits per heavy atom. The van der Waals surface area contributed by atoms with E-state index in [1.165, 1.54) is 17.3 Å². The highest BCUT2D eigenvalue weighted by Gasteiger charge is 2.17. The van der Waals surface area contributed by atoms with Crippen molar-refractivity contribution in [3.8, 4) is 11.3 Å². The van der Waals surface area contributed by atoms with Crippen LogP contribution in [-0.4, -0.2) is 68.6 Å². The van der Waals surface area contributed by atoms with Crippen molar-refractivity contribution >= 4 is 22.4 Å². The number of nitrogens with zero attached hydrogens (tertiary/aromatic N) is 7. The summed E-state index contributed by atoms with van der Waals surface area (Å²) < 4.78 is 46.1. The molecule has 8 heteroatoms. The van der Waals surface area contributed by atoms with Crippen molar-refractivity contribution in [2.75, 3.05) is 38.1 Å². The number of ketones is 1. The van der Waals surface area contributed by atoms with Gasteiger partial charge in [-0.1, -0.05) is 0 Å². The van der Waals surface area contributed by atoms with Gasteiger partial charge in [-0.3, -0.25) is 19.4 Å². The zero-order chi connectivity index (χ0) is 27.1. The molecule has 0 amide bonds. The topological polar surface area (TPSA) is 80.0 Å². The lowest BCUT2D eigenvalue weighted by Gasteiger charge is -2.33. The molecule has 0 aromatic carbocycles. The number of Topliss-reactive ketones (excluding diaryl/α,β-unsaturated/α-hetero) is 1. The summed E-state index contributed by atoms with van der Waals surface area (Å²) in [7, 11) is 0. The molecule has 0 bridgehead atoms. The average Bonchev–Trinajstić information content (AvgIpc) is 3.39. The second-order valence-corrected chi connectivity index (χ2v) is 7.74. The van der Waals surface area contributed by atoms with Crippen LogP contribution in [0.3, 0.4) is 0 Å². The predicted octanol–water partition coefficient (Wildman–Crippen LogP) is 2.60. The predicted molar refractivity (Wildman–Crippen MR) is 124 cm³/mol. The SMILES string of the molecule is [2H]C([2H])([2H])N1CCN(c2cc(C(=O)Cc3cc4cc(-c5cnn(C([2H])([2H])[2H])c5)ncc4cn3)ccn2)CC1. The molecular formula is C24H25N7O. The summed E-state index contributed by atoms with van der Waals surface area (Å²) in [6, 6.07) is 7.03. The quantitative estimate of drug-likeness (QED) is 0.448. The third kappa shape index (κ3) is 4.22. The Bertz CT molecular complexity index is 1480. The van der Waals surface area contributed by atoms with E-state index in [1.54, 1.807) is 30.7 Å². The first-order valence-electron chi connectivity index (χ1n) is 13.3. The molecule has 32 heavy (non-hydrogen) atoms. The molecule has 0 atom stereocenters. The molecule has 0 N–H and O–H groups in total. The third-order valence-electron chi connectivity index (χ3n) is 5.55. The Labute approximate surface area is 195 Å². The lowest BCUT2D eigenvalue weighted by atomic mass is 10.0. The number of pyridine rings is 3. The molecule has 1 aliphatic heterocycles. The van der Waals surface area contributed by atoms with Gasteiger partial charge in [0.25, 0.3) is 0 Å². The summed E-state index contributed by atoms with van der Waals surface area (Å²) >= 11 is 0. The van der Waals surface area contributed by atoms with Crippen LogP contribution in [0.2, 0.25) is 0 Å². The Hall–Kier alpha value is -3.65. The van der Waals surface area contributed by atoms with Crippen LogP contribution in [0.15, 0.2) is 55.2 Å². The number of hydrogen-bond acceptors (Lipinski definition) is 7. The molecule has 162 valence electrons. The van der Waals surface area contributed by atoms with E-state index in [4.69, 9.17) is 8.22 Å². The standard InChI is InChI=1S/C24H25N7O/c1-29-5-7-31(8-6-29)24-11-17(3-4-25-24)23(32)12-21-9-18-10-22(20-15-28-30(2)16-20)27-14-19(18)13-26-21/h3-4,9-11,13-16H,5-8,12H2,1-2H3/i1D3,2D3. The molecule has 0 spiro atoms. The van der Waals surface area contributed by atoms with Crippen LogP contribution in [-0.2, 0) is 13.4 Å². The normalized spacial score (nSPS) is 18.3. The fraction of sp³-hybridized carbons (Fsp3) is 0.292. The highest BCUT2D eigenvalue weighted by molar-refractivity contribution is 5.98. The smallest absolute Gasteiger partial charge is 0.169 e. The maximum Gasteiger partial charge on any atom is 0.169 e. The zero-order valence-electron chi connectivity index (χ0n) is 23.3. The fourth-order valence-corrected chi connectivity index (χ4v) is 3.76. The van der Waals surface area contributed by atoms with Gasteiger partial charge in [-0.25, -0.2) is 4.98 Å². The van der Waals surface area contributed by atoms with Crippen LogP contribution in [0.5, 0.6) is 0 Å². The summed E-state index contributed by atoms with van der Waals surface area (Å²) in [5.41, 5.74) is 2.22. The van der Waals surface area contributed by atoms with E-state index in [2.05, 4.69) is 20.1 Å². The second kappa shape index (κ2) is 8.47. The minimum absolute atomic E-state index is 0.0842. The maximum atomic E-state index is 13.1. The molecule has 0 saturated carbocycles. The number of carbonyl (C=O) groups is 1. The van der Waals surface area contributed by atoms with Gasteiger partial charge in [-0.15, -0.1) is 0 Å². The molecule has 1 saturated heterocycles. The first-order chi connectivity index (χ1) is 18.0. The Morgan fingerprint density at radius 3 is 2.69 bits per heavy atom. The maximum absolute atomic E-state index is 13.1. The fourth-order valence-electron chi connectivity index (χ4n) is 3.76. The van der Waals surface area contributed by atoms with Crippen molar-refractivity contribution in [1.82, 2.24) is 29.6 Å². The Kier molecular flexibility index (Phi) is 3.82. The van der Waals surface area contributed by atoms with Crippen LogP contribution in [0.1, 0.15) is 24.3 Å². The first-order valence-corrected chi connectivity index (χ1v) is 10.3. The lowest BCUT2D eigenvalue weighted by molar-refractivity contribution is 0.0992. The van der Waals surface area contributed by atoms with Gasteiger partial charge in [0.05, 0.1) is 18.3 Å². The highest BCUT2D eigenvalue weighted by atomic mass is 16.1. The monoisotopic (exact) mass is 433 g/mol. The number of fused-ring (bicyclic) bond motifs is 1. The molecule has 0 radical (unpaired) electrons. The average molecular weight is 434 g/mol. The lowest BCUT2D eigenvalue weighted by Crippen LogP contribution is -2.44. The second-order valence-electron chi connectivity index (χ2n) is 7.74. The van der Waals surface area contributed by atoms with E-state index in [0.29, 0.717) is 54.5 Å². The molecule has 5 rings (SSSR count). The van der Waals surface area contributed by atoms with Gasteiger partial charge in [0.2, 0.25) is 0 Å². The largest absolute Gasteiger partial charge is 0.354 e. The number of piperazine rings is 1. The Morgan fingerprint density at radius 1 is 1.00 bits per heavy atom. The molecule has 1 aliphatic rings. The summed E-state index contributed by atoms with van der Waals surface area (Å²) in [6.45, 7) is -2.67. The van der Waals surface area contributed by atoms with Crippen LogP contribution in [0.4, 0.5) is 5.82 Å². The van der Waals surface area contributed by atoms with Gasteiger partial charge in [-0.2, -0.15) is 5.10 Å². The number of anilines is 1. The molecular weight excluding hydrogens is 402 g/mol. The van der Waals surface area contributed by atoms with Crippen LogP contribution >= 0.6 is 0 Å². The van der Waals surface area contributed by atoms with Crippen molar-refractivity contribution in [1.29, 1.82) is 0 Å². The zero-order valence-corrected chi connectivity index (χ0v) is 17.3. The first kappa shape index (κ1) is 14.4. The van der Waals surface area contributed by atoms with E-state index < -0.39 is 14.0 Å². The number of aromatic nitrogens is 5. The van der Waals surface area contributed by atoms with Gasteiger partial charge >= 0.3 is 0 Å². The molecule has 5 heterocycles. The number of rotatable bonds is 5. The van der Waals surface area contributed by atoms with E-state index >= 15 is 0 Å². The number of carbonyl (C=O) groups excluding carboxylic acids is 1. The van der Waals surface area contributed by atoms with Crippen molar-refractivity contribution in [3.63, 3.8) is 0 Å². The molecule has 0 aliphatic carbocycles. The summed E-state index contributed by atoms with van der Waals surface area (Å²) in [5, 5.41) is 5.52. The van der Waals surface area contributed by atoms with E-state index in [0.717, 1.165) is 15.5 Å². The molecule has 4 aromatic rings. The van der Waals surface area contributed by atoms with Crippen LogP contribution in [0.25, 0.3) is 22.0 Å². The summed E-state index contributed by atoms with van der Waals surface area (Å²) in [6.07, 6.45) is 7.86. The third-order valence-corrected chi connectivity index (χ3v) is 5.55. The van der Waals surface area contributed by atoms with E-state index in [-0.39, 0.29) is 12.2 Å². The Balaban J connectivity index is 1.31. The molecule has 1 fully saturated rings. The van der Waals surface area contributed by atoms with Crippen molar-refractivity contribution in [2.24, 2.45) is 6.98 Å². The van der Waals surface area contributed by atoms with Gasteiger partial charge in [0.15, 0.2) is 5.78 Å². The van der Waals surface area contributed by atoms with Crippen molar-refractivity contribution in [3.05, 3.63) is 66.5 Å². The molecule has 0 unspecified atom stereocenters. The van der Waals surface area contributed by atoms with Crippen LogP contribution < -0.4 is 4.90 Å². The van der Waals surface area contributed by atoms with Gasteiger partial charge in [-0.05, 0) is 36.6 Å².